The number of piperidine rings is 1. The van der Waals surface area contributed by atoms with Gasteiger partial charge in [-0.15, -0.1) is 0 Å². The van der Waals surface area contributed by atoms with Gasteiger partial charge in [0.1, 0.15) is 6.29 Å². The van der Waals surface area contributed by atoms with Crippen LogP contribution in [0.1, 0.15) is 52.9 Å². The third-order valence-corrected chi connectivity index (χ3v) is 10.9. The Labute approximate surface area is 269 Å². The van der Waals surface area contributed by atoms with Gasteiger partial charge >= 0.3 is 0 Å². The van der Waals surface area contributed by atoms with E-state index in [2.05, 4.69) is 62.1 Å². The number of β-amino-alcohol motifs (C(OH)–C–C–N with tert-alkyl or cyclic N) is 1. The fourth-order valence-electron chi connectivity index (χ4n) is 8.05. The second kappa shape index (κ2) is 15.5. The van der Waals surface area contributed by atoms with Crippen LogP contribution in [0.5, 0.6) is 0 Å². The molecule has 45 heavy (non-hydrogen) atoms. The van der Waals surface area contributed by atoms with E-state index < -0.39 is 6.10 Å². The van der Waals surface area contributed by atoms with Crippen LogP contribution >= 0.6 is 0 Å². The summed E-state index contributed by atoms with van der Waals surface area (Å²) in [5, 5.41) is 28.2. The fourth-order valence-corrected chi connectivity index (χ4v) is 8.05. The van der Waals surface area contributed by atoms with Crippen molar-refractivity contribution >= 4 is 5.91 Å². The van der Waals surface area contributed by atoms with Gasteiger partial charge in [-0.2, -0.15) is 0 Å². The van der Waals surface area contributed by atoms with Gasteiger partial charge in [0.05, 0.1) is 63.1 Å². The first-order valence-electron chi connectivity index (χ1n) is 17.7. The molecule has 1 aliphatic carbocycles. The van der Waals surface area contributed by atoms with Crippen molar-refractivity contribution in [2.24, 2.45) is 11.8 Å². The van der Waals surface area contributed by atoms with E-state index in [4.69, 9.17) is 14.2 Å². The summed E-state index contributed by atoms with van der Waals surface area (Å²) in [6.07, 6.45) is 5.08. The van der Waals surface area contributed by atoms with Crippen LogP contribution in [0, 0.1) is 11.8 Å². The summed E-state index contributed by atoms with van der Waals surface area (Å²) in [5.41, 5.74) is 0.157. The van der Waals surface area contributed by atoms with Gasteiger partial charge in [0.2, 0.25) is 5.91 Å². The summed E-state index contributed by atoms with van der Waals surface area (Å²) in [5.74, 6) is 1.32. The number of aliphatic hydroxyl groups is 1. The molecule has 1 amide bonds. The minimum atomic E-state index is -0.589. The zero-order chi connectivity index (χ0) is 31.4. The fraction of sp³-hybridized carbons (Fsp3) is 0.969. The minimum absolute atomic E-state index is 0.0151. The summed E-state index contributed by atoms with van der Waals surface area (Å²) < 4.78 is 17.2. The van der Waals surface area contributed by atoms with Gasteiger partial charge in [-0.05, 0) is 64.8 Å². The molecule has 258 valence electrons. The average molecular weight is 637 g/mol. The topological polar surface area (TPSA) is 135 Å². The van der Waals surface area contributed by atoms with Crippen LogP contribution in [0.15, 0.2) is 0 Å². The van der Waals surface area contributed by atoms with Crippen LogP contribution in [-0.2, 0) is 19.0 Å². The largest absolute Gasteiger partial charge is 0.390 e. The Morgan fingerprint density at radius 3 is 2.58 bits per heavy atom. The molecule has 6 aliphatic rings. The predicted molar refractivity (Wildman–Crippen MR) is 171 cm³/mol. The Bertz CT molecular complexity index is 939. The first kappa shape index (κ1) is 33.9. The van der Waals surface area contributed by atoms with Gasteiger partial charge in [-0.25, -0.2) is 0 Å². The Morgan fingerprint density at radius 1 is 1.04 bits per heavy atom. The minimum Gasteiger partial charge on any atom is -0.390 e. The maximum absolute atomic E-state index is 13.4. The summed E-state index contributed by atoms with van der Waals surface area (Å²) in [4.78, 5) is 20.8. The Morgan fingerprint density at radius 2 is 1.87 bits per heavy atom. The number of carbonyl (C=O) groups excluding carboxylic acids is 1. The quantitative estimate of drug-likeness (QED) is 0.164. The van der Waals surface area contributed by atoms with Crippen LogP contribution in [-0.4, -0.2) is 160 Å². The smallest absolute Gasteiger partial charge is 0.237 e. The maximum Gasteiger partial charge on any atom is 0.237 e. The lowest BCUT2D eigenvalue weighted by Gasteiger charge is -2.48. The molecule has 0 radical (unpaired) electrons. The number of nitrogens with one attached hydrogen (secondary N) is 5. The van der Waals surface area contributed by atoms with Crippen LogP contribution in [0.4, 0.5) is 0 Å². The molecule has 7 unspecified atom stereocenters. The summed E-state index contributed by atoms with van der Waals surface area (Å²) in [7, 11) is 0. The highest BCUT2D eigenvalue weighted by molar-refractivity contribution is 5.82. The normalized spacial score (nSPS) is 36.8. The first-order chi connectivity index (χ1) is 21.7. The number of hydrogen-bond donors (Lipinski definition) is 6. The number of rotatable bonds is 11. The monoisotopic (exact) mass is 636 g/mol. The molecular weight excluding hydrogens is 576 g/mol. The number of nitrogens with zero attached hydrogens (tertiary/aromatic N) is 3. The van der Waals surface area contributed by atoms with Crippen LogP contribution in [0.3, 0.4) is 0 Å². The SMILES string of the molecule is CC(C)(C)N1CCN(C2NC(NC3COC3)CC(C(=O)NC[C@H](O)CN3CCC4CC(OCC5CNCO5)CCC4C3)N2)CC1. The number of ether oxygens (including phenoxy) is 3. The van der Waals surface area contributed by atoms with Crippen molar-refractivity contribution < 1.29 is 24.1 Å². The molecule has 0 bridgehead atoms. The van der Waals surface area contributed by atoms with E-state index >= 15 is 0 Å². The number of amides is 1. The van der Waals surface area contributed by atoms with Crippen molar-refractivity contribution in [1.29, 1.82) is 0 Å². The lowest BCUT2D eigenvalue weighted by Crippen LogP contribution is -2.73. The zero-order valence-corrected chi connectivity index (χ0v) is 27.8. The molecular formula is C32H60N8O5. The van der Waals surface area contributed by atoms with Crippen molar-refractivity contribution in [2.45, 2.75) is 101 Å². The molecule has 6 rings (SSSR count). The highest BCUT2D eigenvalue weighted by Crippen LogP contribution is 2.37. The second-order valence-electron chi connectivity index (χ2n) is 15.3. The molecule has 5 saturated heterocycles. The van der Waals surface area contributed by atoms with Gasteiger partial charge in [-0.3, -0.25) is 35.9 Å². The van der Waals surface area contributed by atoms with E-state index in [1.54, 1.807) is 0 Å². The number of carbonyl (C=O) groups is 1. The van der Waals surface area contributed by atoms with Crippen molar-refractivity contribution in [1.82, 2.24) is 41.3 Å². The predicted octanol–water partition coefficient (Wildman–Crippen LogP) is -1.12. The molecule has 13 nitrogen and oxygen atoms in total. The highest BCUT2D eigenvalue weighted by atomic mass is 16.5. The number of aliphatic hydroxyl groups excluding tert-OH is 1. The van der Waals surface area contributed by atoms with Crippen molar-refractivity contribution in [2.75, 3.05) is 85.5 Å². The van der Waals surface area contributed by atoms with Gasteiger partial charge in [0.15, 0.2) is 0 Å². The molecule has 8 atom stereocenters. The first-order valence-corrected chi connectivity index (χ1v) is 17.7. The van der Waals surface area contributed by atoms with Crippen LogP contribution in [0.25, 0.3) is 0 Å². The third-order valence-electron chi connectivity index (χ3n) is 10.9. The summed E-state index contributed by atoms with van der Waals surface area (Å²) >= 11 is 0. The molecule has 5 heterocycles. The van der Waals surface area contributed by atoms with Crippen LogP contribution in [0.2, 0.25) is 0 Å². The van der Waals surface area contributed by atoms with Gasteiger partial charge in [0.25, 0.3) is 0 Å². The lowest BCUT2D eigenvalue weighted by molar-refractivity contribution is -0.126. The molecule has 5 aliphatic heterocycles. The Kier molecular flexibility index (Phi) is 11.7. The highest BCUT2D eigenvalue weighted by Gasteiger charge is 2.39. The average Bonchev–Trinajstić information content (AvgIpc) is 3.54. The Balaban J connectivity index is 0.929. The van der Waals surface area contributed by atoms with E-state index in [-0.39, 0.29) is 42.6 Å². The van der Waals surface area contributed by atoms with Gasteiger partial charge < -0.3 is 29.5 Å². The van der Waals surface area contributed by atoms with Crippen molar-refractivity contribution in [3.63, 3.8) is 0 Å². The van der Waals surface area contributed by atoms with Crippen LogP contribution < -0.4 is 26.6 Å². The third kappa shape index (κ3) is 9.35. The second-order valence-corrected chi connectivity index (χ2v) is 15.3. The molecule has 6 N–H and O–H groups in total. The molecule has 0 aromatic carbocycles. The molecule has 1 saturated carbocycles. The maximum atomic E-state index is 13.4. The van der Waals surface area contributed by atoms with E-state index in [0.29, 0.717) is 63.5 Å². The standard InChI is InChI=1S/C32H60N8O5/c1-32(2,3)40-10-8-39(9-11-40)31-36-28(13-29(37-31)35-24-18-43-19-24)30(42)34-14-25(41)17-38-7-6-22-12-26(5-4-23(22)16-38)44-20-27-15-33-21-45-27/h22-29,31,33,35-37,41H,4-21H2,1-3H3,(H,34,42)/t22?,23?,25-,26?,27?,28?,29?,31?/m0/s1. The molecule has 6 fully saturated rings. The molecule has 0 aromatic rings. The summed E-state index contributed by atoms with van der Waals surface area (Å²) in [6.45, 7) is 17.2. The van der Waals surface area contributed by atoms with Gasteiger partial charge in [-0.1, -0.05) is 0 Å². The van der Waals surface area contributed by atoms with Crippen molar-refractivity contribution in [3.8, 4) is 0 Å². The van der Waals surface area contributed by atoms with E-state index in [1.165, 1.54) is 6.42 Å². The summed E-state index contributed by atoms with van der Waals surface area (Å²) in [6, 6.07) is -0.0208. The van der Waals surface area contributed by atoms with Crippen molar-refractivity contribution in [3.05, 3.63) is 0 Å². The zero-order valence-electron chi connectivity index (χ0n) is 27.8. The Hall–Kier alpha value is -0.970. The number of fused-ring (bicyclic) bond motifs is 1. The number of hydrogen-bond acceptors (Lipinski definition) is 12. The lowest BCUT2D eigenvalue weighted by atomic mass is 9.74. The number of piperazine rings is 1. The molecule has 0 aromatic heterocycles. The van der Waals surface area contributed by atoms with Gasteiger partial charge in [0, 0.05) is 64.3 Å². The van der Waals surface area contributed by atoms with E-state index in [9.17, 15) is 9.90 Å². The van der Waals surface area contributed by atoms with E-state index in [0.717, 1.165) is 65.1 Å². The molecule has 0 spiro atoms. The number of likely N-dealkylation sites (tertiary alicyclic amines) is 1. The molecule has 13 heteroatoms. The van der Waals surface area contributed by atoms with E-state index in [1.807, 2.05) is 0 Å².